The van der Waals surface area contributed by atoms with E-state index in [1.165, 1.54) is 0 Å². The molecule has 2 heterocycles. The quantitative estimate of drug-likeness (QED) is 0.741. The van der Waals surface area contributed by atoms with Gasteiger partial charge < -0.3 is 15.2 Å². The van der Waals surface area contributed by atoms with E-state index in [9.17, 15) is 9.59 Å². The summed E-state index contributed by atoms with van der Waals surface area (Å²) in [6, 6.07) is 2.20. The smallest absolute Gasteiger partial charge is 0.199 e. The number of aldehydes is 1. The molecule has 1 saturated carbocycles. The van der Waals surface area contributed by atoms with Crippen molar-refractivity contribution in [3.63, 3.8) is 0 Å². The van der Waals surface area contributed by atoms with E-state index in [2.05, 4.69) is 27.8 Å². The summed E-state index contributed by atoms with van der Waals surface area (Å²) in [6.45, 7) is 3.79. The van der Waals surface area contributed by atoms with Crippen molar-refractivity contribution in [2.24, 2.45) is 11.7 Å². The standard InChI is InChI=1S/C19H21BrClN3O2/c1-10-4-12(22)8-23(6-10)18-15(20)5-14-17(16(18)21)24(13-2-3-13)7-11(9-25)19(14)26/h5,7,9-10,12-13H,2-4,6,8,22H2,1H3/t10?,12-/m0/s1. The molecule has 4 rings (SSSR count). The second kappa shape index (κ2) is 6.66. The predicted octanol–water partition coefficient (Wildman–Crippen LogP) is 3.74. The highest BCUT2D eigenvalue weighted by molar-refractivity contribution is 9.10. The van der Waals surface area contributed by atoms with Crippen molar-refractivity contribution in [1.82, 2.24) is 4.57 Å². The Hall–Kier alpha value is -1.37. The zero-order valence-corrected chi connectivity index (χ0v) is 16.9. The maximum atomic E-state index is 12.7. The lowest BCUT2D eigenvalue weighted by Gasteiger charge is -2.37. The molecule has 1 unspecified atom stereocenters. The molecular formula is C19H21BrClN3O2. The van der Waals surface area contributed by atoms with Crippen LogP contribution in [0.4, 0.5) is 5.69 Å². The van der Waals surface area contributed by atoms with Crippen molar-refractivity contribution in [1.29, 1.82) is 0 Å². The highest BCUT2D eigenvalue weighted by atomic mass is 79.9. The highest BCUT2D eigenvalue weighted by Crippen LogP contribution is 2.44. The number of piperidine rings is 1. The average Bonchev–Trinajstić information content (AvgIpc) is 3.40. The number of halogens is 2. The molecule has 7 heteroatoms. The van der Waals surface area contributed by atoms with E-state index >= 15 is 0 Å². The molecule has 1 aromatic heterocycles. The first-order valence-corrected chi connectivity index (χ1v) is 10.1. The average molecular weight is 439 g/mol. The van der Waals surface area contributed by atoms with Crippen molar-refractivity contribution in [3.8, 4) is 0 Å². The molecule has 138 valence electrons. The zero-order chi connectivity index (χ0) is 18.6. The minimum atomic E-state index is -0.273. The topological polar surface area (TPSA) is 68.3 Å². The fraction of sp³-hybridized carbons (Fsp3) is 0.474. The van der Waals surface area contributed by atoms with Gasteiger partial charge in [0.15, 0.2) is 11.7 Å². The molecule has 2 aromatic rings. The van der Waals surface area contributed by atoms with Crippen LogP contribution in [0.25, 0.3) is 10.9 Å². The lowest BCUT2D eigenvalue weighted by atomic mass is 9.96. The number of hydrogen-bond acceptors (Lipinski definition) is 4. The lowest BCUT2D eigenvalue weighted by molar-refractivity contribution is 0.112. The minimum absolute atomic E-state index is 0.0977. The fourth-order valence-electron chi connectivity index (χ4n) is 4.05. The Morgan fingerprint density at radius 1 is 1.35 bits per heavy atom. The second-order valence-corrected chi connectivity index (χ2v) is 8.83. The molecule has 1 aromatic carbocycles. The van der Waals surface area contributed by atoms with E-state index in [-0.39, 0.29) is 17.0 Å². The van der Waals surface area contributed by atoms with Gasteiger partial charge in [0.2, 0.25) is 0 Å². The number of aromatic nitrogens is 1. The first kappa shape index (κ1) is 18.0. The van der Waals surface area contributed by atoms with Crippen LogP contribution in [0.15, 0.2) is 21.5 Å². The Morgan fingerprint density at radius 3 is 2.69 bits per heavy atom. The molecule has 2 fully saturated rings. The molecule has 0 radical (unpaired) electrons. The lowest BCUT2D eigenvalue weighted by Crippen LogP contribution is -2.46. The first-order valence-electron chi connectivity index (χ1n) is 8.93. The molecule has 5 nitrogen and oxygen atoms in total. The predicted molar refractivity (Wildman–Crippen MR) is 109 cm³/mol. The molecule has 2 aliphatic rings. The molecule has 0 bridgehead atoms. The van der Waals surface area contributed by atoms with Gasteiger partial charge in [-0.25, -0.2) is 0 Å². The van der Waals surface area contributed by atoms with Crippen LogP contribution < -0.4 is 16.1 Å². The molecular weight excluding hydrogens is 418 g/mol. The minimum Gasteiger partial charge on any atom is -0.368 e. The number of carbonyl (C=O) groups is 1. The van der Waals surface area contributed by atoms with Crippen LogP contribution in [0, 0.1) is 5.92 Å². The molecule has 26 heavy (non-hydrogen) atoms. The molecule has 1 aliphatic carbocycles. The normalized spacial score (nSPS) is 23.5. The fourth-order valence-corrected chi connectivity index (χ4v) is 5.26. The van der Waals surface area contributed by atoms with Gasteiger partial charge in [-0.1, -0.05) is 18.5 Å². The molecule has 0 spiro atoms. The summed E-state index contributed by atoms with van der Waals surface area (Å²) in [5.74, 6) is 0.473. The number of rotatable bonds is 3. The number of benzene rings is 1. The molecule has 1 saturated heterocycles. The van der Waals surface area contributed by atoms with E-state index < -0.39 is 0 Å². The van der Waals surface area contributed by atoms with Gasteiger partial charge in [0.1, 0.15) is 0 Å². The number of hydrogen-bond donors (Lipinski definition) is 1. The third-order valence-electron chi connectivity index (χ3n) is 5.29. The molecule has 0 amide bonds. The Balaban J connectivity index is 1.97. The molecule has 1 aliphatic heterocycles. The number of nitrogens with zero attached hydrogens (tertiary/aromatic N) is 2. The van der Waals surface area contributed by atoms with Crippen LogP contribution in [0.1, 0.15) is 42.6 Å². The zero-order valence-electron chi connectivity index (χ0n) is 14.5. The van der Waals surface area contributed by atoms with E-state index in [0.717, 1.165) is 48.0 Å². The van der Waals surface area contributed by atoms with Gasteiger partial charge in [-0.15, -0.1) is 0 Å². The van der Waals surface area contributed by atoms with Gasteiger partial charge >= 0.3 is 0 Å². The van der Waals surface area contributed by atoms with Gasteiger partial charge in [0, 0.05) is 41.2 Å². The van der Waals surface area contributed by atoms with E-state index in [0.29, 0.717) is 28.7 Å². The van der Waals surface area contributed by atoms with Crippen molar-refractivity contribution >= 4 is 50.4 Å². The van der Waals surface area contributed by atoms with Crippen LogP contribution in [-0.4, -0.2) is 30.0 Å². The summed E-state index contributed by atoms with van der Waals surface area (Å²) in [6.07, 6.45) is 5.34. The Bertz CT molecular complexity index is 944. The van der Waals surface area contributed by atoms with E-state index in [1.807, 2.05) is 4.57 Å². The SMILES string of the molecule is CC1C[C@H](N)CN(c2c(Br)cc3c(=O)c(C=O)cn(C4CC4)c3c2Cl)C1. The largest absolute Gasteiger partial charge is 0.368 e. The number of pyridine rings is 1. The number of nitrogens with two attached hydrogens (primary N) is 1. The van der Waals surface area contributed by atoms with Gasteiger partial charge in [0.05, 0.1) is 21.8 Å². The van der Waals surface area contributed by atoms with E-state index in [1.54, 1.807) is 12.3 Å². The second-order valence-electron chi connectivity index (χ2n) is 7.59. The summed E-state index contributed by atoms with van der Waals surface area (Å²) < 4.78 is 2.77. The number of anilines is 1. The summed E-state index contributed by atoms with van der Waals surface area (Å²) in [4.78, 5) is 26.2. The monoisotopic (exact) mass is 437 g/mol. The first-order chi connectivity index (χ1) is 12.4. The Kier molecular flexibility index (Phi) is 4.61. The summed E-state index contributed by atoms with van der Waals surface area (Å²) in [7, 11) is 0. The summed E-state index contributed by atoms with van der Waals surface area (Å²) in [5.41, 5.74) is 7.72. The van der Waals surface area contributed by atoms with Gasteiger partial charge in [-0.05, 0) is 47.2 Å². The van der Waals surface area contributed by atoms with Crippen molar-refractivity contribution in [2.75, 3.05) is 18.0 Å². The third-order valence-corrected chi connectivity index (χ3v) is 6.25. The van der Waals surface area contributed by atoms with Crippen LogP contribution in [0.2, 0.25) is 5.02 Å². The van der Waals surface area contributed by atoms with Crippen molar-refractivity contribution in [3.05, 3.63) is 37.5 Å². The summed E-state index contributed by atoms with van der Waals surface area (Å²) >= 11 is 10.5. The molecule has 2 atom stereocenters. The van der Waals surface area contributed by atoms with E-state index in [4.69, 9.17) is 17.3 Å². The maximum absolute atomic E-state index is 12.7. The van der Waals surface area contributed by atoms with Crippen LogP contribution in [0.5, 0.6) is 0 Å². The highest BCUT2D eigenvalue weighted by Gasteiger charge is 2.30. The maximum Gasteiger partial charge on any atom is 0.199 e. The van der Waals surface area contributed by atoms with Gasteiger partial charge in [-0.3, -0.25) is 9.59 Å². The van der Waals surface area contributed by atoms with Gasteiger partial charge in [-0.2, -0.15) is 0 Å². The molecule has 2 N–H and O–H groups in total. The van der Waals surface area contributed by atoms with Gasteiger partial charge in [0.25, 0.3) is 0 Å². The summed E-state index contributed by atoms with van der Waals surface area (Å²) in [5, 5.41) is 1.04. The Labute approximate surface area is 165 Å². The van der Waals surface area contributed by atoms with Crippen LogP contribution >= 0.6 is 27.5 Å². The van der Waals surface area contributed by atoms with Crippen LogP contribution in [-0.2, 0) is 0 Å². The number of carbonyl (C=O) groups excluding carboxylic acids is 1. The van der Waals surface area contributed by atoms with Crippen LogP contribution in [0.3, 0.4) is 0 Å². The Morgan fingerprint density at radius 2 is 2.08 bits per heavy atom. The van der Waals surface area contributed by atoms with Crippen molar-refractivity contribution in [2.45, 2.75) is 38.3 Å². The number of fused-ring (bicyclic) bond motifs is 1. The third kappa shape index (κ3) is 2.98. The van der Waals surface area contributed by atoms with Crippen molar-refractivity contribution < 1.29 is 4.79 Å².